The molecule has 2 aromatic rings. The molecular weight excluding hydrogens is 320 g/mol. The minimum Gasteiger partial charge on any atom is -0.449 e. The molecule has 0 bridgehead atoms. The maximum atomic E-state index is 12.6. The summed E-state index contributed by atoms with van der Waals surface area (Å²) in [6, 6.07) is 16.0. The van der Waals surface area contributed by atoms with Crippen LogP contribution >= 0.6 is 0 Å². The molecule has 0 aromatic heterocycles. The van der Waals surface area contributed by atoms with Crippen LogP contribution in [-0.2, 0) is 16.0 Å². The lowest BCUT2D eigenvalue weighted by Crippen LogP contribution is -2.47. The SMILES string of the molecule is N#CCOC(=O)[C@H](Cc1ccccc1)N1C(=O)c2ccccc2C1=O. The smallest absolute Gasteiger partial charge is 0.330 e. The Morgan fingerprint density at radius 3 is 2.12 bits per heavy atom. The summed E-state index contributed by atoms with van der Waals surface area (Å²) in [5.41, 5.74) is 1.30. The zero-order valence-electron chi connectivity index (χ0n) is 13.2. The molecule has 124 valence electrons. The van der Waals surface area contributed by atoms with Crippen LogP contribution in [0.5, 0.6) is 0 Å². The van der Waals surface area contributed by atoms with Crippen LogP contribution in [0.4, 0.5) is 0 Å². The fourth-order valence-corrected chi connectivity index (χ4v) is 2.81. The van der Waals surface area contributed by atoms with E-state index in [0.717, 1.165) is 10.5 Å². The summed E-state index contributed by atoms with van der Waals surface area (Å²) in [7, 11) is 0. The number of amides is 2. The lowest BCUT2D eigenvalue weighted by molar-refractivity contribution is -0.146. The summed E-state index contributed by atoms with van der Waals surface area (Å²) >= 11 is 0. The van der Waals surface area contributed by atoms with Gasteiger partial charge in [-0.2, -0.15) is 5.26 Å². The zero-order valence-corrected chi connectivity index (χ0v) is 13.2. The van der Waals surface area contributed by atoms with E-state index in [1.165, 1.54) is 0 Å². The van der Waals surface area contributed by atoms with Gasteiger partial charge in [0.25, 0.3) is 11.8 Å². The number of benzene rings is 2. The van der Waals surface area contributed by atoms with Crippen molar-refractivity contribution in [1.29, 1.82) is 5.26 Å². The van der Waals surface area contributed by atoms with Crippen molar-refractivity contribution in [1.82, 2.24) is 4.90 Å². The first-order valence-corrected chi connectivity index (χ1v) is 7.68. The van der Waals surface area contributed by atoms with Gasteiger partial charge in [0.2, 0.25) is 0 Å². The van der Waals surface area contributed by atoms with E-state index < -0.39 is 30.4 Å². The molecule has 25 heavy (non-hydrogen) atoms. The normalized spacial score (nSPS) is 14.0. The molecule has 3 rings (SSSR count). The molecule has 0 fully saturated rings. The van der Waals surface area contributed by atoms with Crippen LogP contribution < -0.4 is 0 Å². The van der Waals surface area contributed by atoms with Crippen LogP contribution in [-0.4, -0.2) is 35.3 Å². The van der Waals surface area contributed by atoms with Gasteiger partial charge in [0.1, 0.15) is 12.1 Å². The van der Waals surface area contributed by atoms with Gasteiger partial charge in [-0.1, -0.05) is 42.5 Å². The second-order valence-electron chi connectivity index (χ2n) is 5.50. The van der Waals surface area contributed by atoms with Crippen LogP contribution in [0.2, 0.25) is 0 Å². The van der Waals surface area contributed by atoms with Crippen LogP contribution in [0.3, 0.4) is 0 Å². The average molecular weight is 334 g/mol. The van der Waals surface area contributed by atoms with Gasteiger partial charge >= 0.3 is 5.97 Å². The molecule has 6 heteroatoms. The second-order valence-corrected chi connectivity index (χ2v) is 5.50. The molecular formula is C19H14N2O4. The van der Waals surface area contributed by atoms with Crippen molar-refractivity contribution in [2.24, 2.45) is 0 Å². The van der Waals surface area contributed by atoms with Crippen LogP contribution in [0.15, 0.2) is 54.6 Å². The predicted octanol–water partition coefficient (Wildman–Crippen LogP) is 1.96. The molecule has 1 atom stereocenters. The summed E-state index contributed by atoms with van der Waals surface area (Å²) in [4.78, 5) is 38.6. The van der Waals surface area contributed by atoms with Crippen molar-refractivity contribution in [2.75, 3.05) is 6.61 Å². The molecule has 0 spiro atoms. The van der Waals surface area contributed by atoms with E-state index in [0.29, 0.717) is 0 Å². The van der Waals surface area contributed by atoms with E-state index >= 15 is 0 Å². The highest BCUT2D eigenvalue weighted by atomic mass is 16.5. The van der Waals surface area contributed by atoms with Gasteiger partial charge in [0, 0.05) is 6.42 Å². The number of imide groups is 1. The number of nitriles is 1. The third kappa shape index (κ3) is 3.12. The van der Waals surface area contributed by atoms with Crippen molar-refractivity contribution in [3.63, 3.8) is 0 Å². The van der Waals surface area contributed by atoms with Crippen molar-refractivity contribution >= 4 is 17.8 Å². The Morgan fingerprint density at radius 2 is 1.56 bits per heavy atom. The van der Waals surface area contributed by atoms with E-state index in [1.807, 2.05) is 6.07 Å². The quantitative estimate of drug-likeness (QED) is 0.616. The highest BCUT2D eigenvalue weighted by molar-refractivity contribution is 6.22. The number of ether oxygens (including phenoxy) is 1. The number of esters is 1. The van der Waals surface area contributed by atoms with Gasteiger partial charge in [-0.15, -0.1) is 0 Å². The van der Waals surface area contributed by atoms with Gasteiger partial charge in [-0.3, -0.25) is 14.5 Å². The van der Waals surface area contributed by atoms with Crippen LogP contribution in [0, 0.1) is 11.3 Å². The maximum absolute atomic E-state index is 12.6. The van der Waals surface area contributed by atoms with Gasteiger partial charge in [-0.05, 0) is 17.7 Å². The lowest BCUT2D eigenvalue weighted by atomic mass is 10.0. The van der Waals surface area contributed by atoms with Crippen LogP contribution in [0.1, 0.15) is 26.3 Å². The molecule has 0 unspecified atom stereocenters. The Morgan fingerprint density at radius 1 is 1.00 bits per heavy atom. The highest BCUT2D eigenvalue weighted by Gasteiger charge is 2.43. The summed E-state index contributed by atoms with van der Waals surface area (Å²) in [5, 5.41) is 8.62. The second kappa shape index (κ2) is 6.97. The number of hydrogen-bond donors (Lipinski definition) is 0. The van der Waals surface area contributed by atoms with Crippen molar-refractivity contribution in [3.8, 4) is 6.07 Å². The third-order valence-electron chi connectivity index (χ3n) is 3.96. The fraction of sp³-hybridized carbons (Fsp3) is 0.158. The first-order chi connectivity index (χ1) is 12.1. The molecule has 0 aliphatic carbocycles. The number of carbonyl (C=O) groups excluding carboxylic acids is 3. The number of nitrogens with zero attached hydrogens (tertiary/aromatic N) is 2. The largest absolute Gasteiger partial charge is 0.449 e. The predicted molar refractivity (Wildman–Crippen MR) is 87.4 cm³/mol. The molecule has 1 heterocycles. The Hall–Kier alpha value is -3.46. The zero-order chi connectivity index (χ0) is 17.8. The topological polar surface area (TPSA) is 87.5 Å². The molecule has 0 saturated carbocycles. The first kappa shape index (κ1) is 16.4. The third-order valence-corrected chi connectivity index (χ3v) is 3.96. The Kier molecular flexibility index (Phi) is 4.57. The number of carbonyl (C=O) groups is 3. The Balaban J connectivity index is 1.95. The molecule has 0 N–H and O–H groups in total. The summed E-state index contributed by atoms with van der Waals surface area (Å²) in [6.45, 7) is -0.437. The number of rotatable bonds is 5. The lowest BCUT2D eigenvalue weighted by Gasteiger charge is -2.24. The monoisotopic (exact) mass is 334 g/mol. The summed E-state index contributed by atoms with van der Waals surface area (Å²) in [6.07, 6.45) is 0.122. The molecule has 0 saturated heterocycles. The molecule has 6 nitrogen and oxygen atoms in total. The summed E-state index contributed by atoms with van der Waals surface area (Å²) in [5.74, 6) is -1.84. The minimum absolute atomic E-state index is 0.122. The molecule has 2 aromatic carbocycles. The number of fused-ring (bicyclic) bond motifs is 1. The van der Waals surface area contributed by atoms with E-state index in [1.54, 1.807) is 54.6 Å². The van der Waals surface area contributed by atoms with Gasteiger partial charge in [-0.25, -0.2) is 4.79 Å². The Labute approximate surface area is 144 Å². The first-order valence-electron chi connectivity index (χ1n) is 7.68. The van der Waals surface area contributed by atoms with Crippen molar-refractivity contribution in [3.05, 3.63) is 71.3 Å². The van der Waals surface area contributed by atoms with Crippen LogP contribution in [0.25, 0.3) is 0 Å². The molecule has 1 aliphatic rings. The Bertz CT molecular complexity index is 835. The molecule has 0 radical (unpaired) electrons. The minimum atomic E-state index is -1.12. The van der Waals surface area contributed by atoms with E-state index in [-0.39, 0.29) is 17.5 Å². The fourth-order valence-electron chi connectivity index (χ4n) is 2.81. The van der Waals surface area contributed by atoms with E-state index in [4.69, 9.17) is 10.00 Å². The van der Waals surface area contributed by atoms with E-state index in [9.17, 15) is 14.4 Å². The van der Waals surface area contributed by atoms with E-state index in [2.05, 4.69) is 0 Å². The standard InChI is InChI=1S/C19H14N2O4/c20-10-11-25-19(24)16(12-13-6-2-1-3-7-13)21-17(22)14-8-4-5-9-15(14)18(21)23/h1-9,16H,11-12H2/t16-/m0/s1. The van der Waals surface area contributed by atoms with Gasteiger partial charge < -0.3 is 4.74 Å². The summed E-state index contributed by atoms with van der Waals surface area (Å²) < 4.78 is 4.89. The average Bonchev–Trinajstić information content (AvgIpc) is 2.90. The number of hydrogen-bond acceptors (Lipinski definition) is 5. The van der Waals surface area contributed by atoms with Crippen molar-refractivity contribution < 1.29 is 19.1 Å². The molecule has 2 amide bonds. The highest BCUT2D eigenvalue weighted by Crippen LogP contribution is 2.26. The van der Waals surface area contributed by atoms with Gasteiger partial charge in [0.05, 0.1) is 11.1 Å². The van der Waals surface area contributed by atoms with Crippen molar-refractivity contribution in [2.45, 2.75) is 12.5 Å². The van der Waals surface area contributed by atoms with Gasteiger partial charge in [0.15, 0.2) is 6.61 Å². The maximum Gasteiger partial charge on any atom is 0.330 e. The molecule has 1 aliphatic heterocycles.